The van der Waals surface area contributed by atoms with Gasteiger partial charge in [0.25, 0.3) is 0 Å². The molecule has 0 aliphatic carbocycles. The van der Waals surface area contributed by atoms with E-state index in [0.717, 1.165) is 5.56 Å². The number of carbonyl (C=O) groups is 3. The highest BCUT2D eigenvalue weighted by atomic mass is 35.5. The van der Waals surface area contributed by atoms with Gasteiger partial charge in [-0.05, 0) is 5.56 Å². The second-order valence-corrected chi connectivity index (χ2v) is 9.41. The largest absolute Gasteiger partial charge is 0.430 e. The fourth-order valence-corrected chi connectivity index (χ4v) is 6.03. The van der Waals surface area contributed by atoms with Gasteiger partial charge in [-0.25, -0.2) is 4.79 Å². The summed E-state index contributed by atoms with van der Waals surface area (Å²) in [4.78, 5) is 40.2. The number of β-lactam (4-membered cyclic amide) rings is 1. The minimum Gasteiger partial charge on any atom is -0.430 e. The van der Waals surface area contributed by atoms with Gasteiger partial charge in [-0.3, -0.25) is 9.59 Å². The quantitative estimate of drug-likeness (QED) is 0.266. The maximum atomic E-state index is 13.2. The van der Waals surface area contributed by atoms with E-state index < -0.39 is 24.3 Å². The van der Waals surface area contributed by atoms with Crippen LogP contribution in [0.25, 0.3) is 0 Å². The number of nitrogens with zero attached hydrogens (tertiary/aromatic N) is 1. The predicted molar refractivity (Wildman–Crippen MR) is 125 cm³/mol. The van der Waals surface area contributed by atoms with E-state index in [2.05, 4.69) is 5.32 Å². The highest BCUT2D eigenvalue weighted by Crippen LogP contribution is 2.41. The van der Waals surface area contributed by atoms with Crippen LogP contribution in [0.15, 0.2) is 60.7 Å². The molecule has 0 aromatic heterocycles. The summed E-state index contributed by atoms with van der Waals surface area (Å²) in [6.07, 6.45) is -0.704. The molecule has 0 saturated carbocycles. The monoisotopic (exact) mass is 488 g/mol. The molecule has 1 N–H and O–H groups in total. The number of halogens is 1. The Bertz CT molecular complexity index is 993. The zero-order chi connectivity index (χ0) is 23.4. The summed E-state index contributed by atoms with van der Waals surface area (Å²) in [5.74, 6) is -0.591. The van der Waals surface area contributed by atoms with Crippen molar-refractivity contribution in [2.45, 2.75) is 30.2 Å². The maximum Gasteiger partial charge on any atom is 0.331 e. The number of hydrogen-bond donors (Lipinski definition) is 1. The molecule has 2 saturated heterocycles. The number of rotatable bonds is 8. The van der Waals surface area contributed by atoms with E-state index in [9.17, 15) is 14.4 Å². The zero-order valence-electron chi connectivity index (χ0n) is 18.1. The normalized spacial score (nSPS) is 24.9. The van der Waals surface area contributed by atoms with Crippen LogP contribution < -0.4 is 5.32 Å². The van der Waals surface area contributed by atoms with Gasteiger partial charge in [0.1, 0.15) is 17.5 Å². The van der Waals surface area contributed by atoms with E-state index in [1.807, 2.05) is 48.5 Å². The number of alkyl halides is 1. The van der Waals surface area contributed by atoms with Gasteiger partial charge in [-0.2, -0.15) is 0 Å². The lowest BCUT2D eigenvalue weighted by Gasteiger charge is -2.54. The SMILES string of the molecule is COC(OC(=O)C1C(CCl)CS[C@H]2C(NC(=O)Cc3ccccc3)C(=O)N12)c1ccccc1. The van der Waals surface area contributed by atoms with Crippen molar-refractivity contribution >= 4 is 41.1 Å². The number of esters is 1. The first kappa shape index (κ1) is 23.6. The van der Waals surface area contributed by atoms with Crippen LogP contribution in [0, 0.1) is 5.92 Å². The second-order valence-electron chi connectivity index (χ2n) is 7.95. The number of thioether (sulfide) groups is 1. The summed E-state index contributed by atoms with van der Waals surface area (Å²) < 4.78 is 11.0. The Balaban J connectivity index is 1.44. The Hall–Kier alpha value is -2.55. The molecular formula is C24H25ClN2O5S. The maximum absolute atomic E-state index is 13.2. The molecule has 2 heterocycles. The van der Waals surface area contributed by atoms with Crippen LogP contribution in [0.2, 0.25) is 0 Å². The Morgan fingerprint density at radius 3 is 2.45 bits per heavy atom. The number of benzene rings is 2. The highest BCUT2D eigenvalue weighted by Gasteiger charge is 2.58. The molecule has 2 aromatic rings. The molecule has 2 amide bonds. The van der Waals surface area contributed by atoms with Crippen molar-refractivity contribution in [3.8, 4) is 0 Å². The van der Waals surface area contributed by atoms with Crippen molar-refractivity contribution in [2.75, 3.05) is 18.7 Å². The van der Waals surface area contributed by atoms with E-state index in [0.29, 0.717) is 11.3 Å². The molecule has 7 nitrogen and oxygen atoms in total. The molecule has 0 bridgehead atoms. The number of nitrogens with one attached hydrogen (secondary N) is 1. The van der Waals surface area contributed by atoms with Crippen LogP contribution >= 0.6 is 23.4 Å². The van der Waals surface area contributed by atoms with Gasteiger partial charge in [0.2, 0.25) is 18.1 Å². The number of fused-ring (bicyclic) bond motifs is 1. The number of carbonyl (C=O) groups excluding carboxylic acids is 3. The molecule has 2 aliphatic rings. The summed E-state index contributed by atoms with van der Waals surface area (Å²) in [6, 6.07) is 16.9. The third-order valence-electron chi connectivity index (χ3n) is 5.78. The van der Waals surface area contributed by atoms with Crippen LogP contribution in [0.5, 0.6) is 0 Å². The van der Waals surface area contributed by atoms with Gasteiger partial charge in [0.05, 0.1) is 6.42 Å². The smallest absolute Gasteiger partial charge is 0.331 e. The fraction of sp³-hybridized carbons (Fsp3) is 0.375. The molecule has 9 heteroatoms. The van der Waals surface area contributed by atoms with Crippen molar-refractivity contribution in [3.63, 3.8) is 0 Å². The van der Waals surface area contributed by atoms with E-state index in [-0.39, 0.29) is 35.4 Å². The van der Waals surface area contributed by atoms with Crippen LogP contribution in [0.4, 0.5) is 0 Å². The summed E-state index contributed by atoms with van der Waals surface area (Å²) in [6.45, 7) is 0. The van der Waals surface area contributed by atoms with Crippen molar-refractivity contribution in [1.29, 1.82) is 0 Å². The average molecular weight is 489 g/mol. The molecular weight excluding hydrogens is 464 g/mol. The Morgan fingerprint density at radius 1 is 1.15 bits per heavy atom. The van der Waals surface area contributed by atoms with E-state index in [1.165, 1.54) is 23.8 Å². The van der Waals surface area contributed by atoms with Crippen molar-refractivity contribution in [1.82, 2.24) is 10.2 Å². The van der Waals surface area contributed by atoms with Crippen molar-refractivity contribution in [2.24, 2.45) is 5.92 Å². The zero-order valence-corrected chi connectivity index (χ0v) is 19.6. The van der Waals surface area contributed by atoms with Gasteiger partial charge in [0, 0.05) is 30.2 Å². The molecule has 4 rings (SSSR count). The molecule has 5 atom stereocenters. The first-order valence-corrected chi connectivity index (χ1v) is 12.2. The summed E-state index contributed by atoms with van der Waals surface area (Å²) in [5, 5.41) is 2.48. The Kier molecular flexibility index (Phi) is 7.57. The van der Waals surface area contributed by atoms with Crippen LogP contribution in [-0.2, 0) is 30.3 Å². The third-order valence-corrected chi connectivity index (χ3v) is 7.64. The van der Waals surface area contributed by atoms with Gasteiger partial charge in [-0.1, -0.05) is 60.7 Å². The van der Waals surface area contributed by atoms with Gasteiger partial charge < -0.3 is 19.7 Å². The van der Waals surface area contributed by atoms with Crippen molar-refractivity contribution in [3.05, 3.63) is 71.8 Å². The molecule has 0 spiro atoms. The van der Waals surface area contributed by atoms with Crippen molar-refractivity contribution < 1.29 is 23.9 Å². The standard InChI is InChI=1S/C24H25ClN2O5S/c1-31-24(16-10-6-3-7-11-16)32-23(30)20-17(13-25)14-33-22-19(21(29)27(20)22)26-18(28)12-15-8-4-2-5-9-15/h2-11,17,19-20,22,24H,12-14H2,1H3,(H,26,28)/t17?,19?,20?,22-,24?/m0/s1. The predicted octanol–water partition coefficient (Wildman–Crippen LogP) is 2.74. The highest BCUT2D eigenvalue weighted by molar-refractivity contribution is 8.00. The molecule has 33 heavy (non-hydrogen) atoms. The minimum atomic E-state index is -0.888. The number of hydrogen-bond acceptors (Lipinski definition) is 6. The first-order valence-electron chi connectivity index (χ1n) is 10.6. The molecule has 2 aromatic carbocycles. The molecule has 174 valence electrons. The van der Waals surface area contributed by atoms with Gasteiger partial charge >= 0.3 is 5.97 Å². The Morgan fingerprint density at radius 2 is 1.82 bits per heavy atom. The average Bonchev–Trinajstić information content (AvgIpc) is 2.85. The lowest BCUT2D eigenvalue weighted by atomic mass is 9.94. The van der Waals surface area contributed by atoms with Gasteiger partial charge in [0.15, 0.2) is 0 Å². The van der Waals surface area contributed by atoms with Crippen LogP contribution in [-0.4, -0.2) is 58.9 Å². The van der Waals surface area contributed by atoms with Crippen LogP contribution in [0.3, 0.4) is 0 Å². The topological polar surface area (TPSA) is 84.9 Å². The van der Waals surface area contributed by atoms with E-state index >= 15 is 0 Å². The lowest BCUT2D eigenvalue weighted by Crippen LogP contribution is -2.76. The summed E-state index contributed by atoms with van der Waals surface area (Å²) in [5.41, 5.74) is 1.56. The van der Waals surface area contributed by atoms with Gasteiger partial charge in [-0.15, -0.1) is 23.4 Å². The molecule has 2 fully saturated rings. The second kappa shape index (κ2) is 10.6. The molecule has 0 radical (unpaired) electrons. The number of ether oxygens (including phenoxy) is 2. The first-order chi connectivity index (χ1) is 16.0. The Labute approximate surface area is 201 Å². The summed E-state index contributed by atoms with van der Waals surface area (Å²) in [7, 11) is 1.45. The molecule has 2 aliphatic heterocycles. The summed E-state index contributed by atoms with van der Waals surface area (Å²) >= 11 is 7.66. The number of methoxy groups -OCH3 is 1. The van der Waals surface area contributed by atoms with E-state index in [1.54, 1.807) is 12.1 Å². The molecule has 4 unspecified atom stereocenters. The van der Waals surface area contributed by atoms with Crippen LogP contribution in [0.1, 0.15) is 17.4 Å². The third kappa shape index (κ3) is 5.03. The minimum absolute atomic E-state index is 0.185. The lowest BCUT2D eigenvalue weighted by molar-refractivity contribution is -0.189. The number of amides is 2. The fourth-order valence-electron chi connectivity index (χ4n) is 4.11. The van der Waals surface area contributed by atoms with E-state index in [4.69, 9.17) is 21.1 Å².